The van der Waals surface area contributed by atoms with E-state index in [-0.39, 0.29) is 16.6 Å². The normalized spacial score (nSPS) is 15.5. The van der Waals surface area contributed by atoms with Gasteiger partial charge in [-0.15, -0.1) is 16.1 Å². The number of nitrogens with two attached hydrogens (primary N) is 1. The molecule has 0 fully saturated rings. The third-order valence-electron chi connectivity index (χ3n) is 2.69. The van der Waals surface area contributed by atoms with Gasteiger partial charge in [0.25, 0.3) is 0 Å². The predicted molar refractivity (Wildman–Crippen MR) is 83.9 cm³/mol. The van der Waals surface area contributed by atoms with Gasteiger partial charge >= 0.3 is 0 Å². The van der Waals surface area contributed by atoms with Crippen molar-refractivity contribution in [3.8, 4) is 0 Å². The molecule has 4 N–H and O–H groups in total. The van der Waals surface area contributed by atoms with Gasteiger partial charge in [-0.2, -0.15) is 0 Å². The molecule has 1 aromatic rings. The van der Waals surface area contributed by atoms with E-state index < -0.39 is 11.4 Å². The zero-order valence-electron chi connectivity index (χ0n) is 12.1. The van der Waals surface area contributed by atoms with Gasteiger partial charge in [-0.05, 0) is 32.8 Å². The van der Waals surface area contributed by atoms with Crippen LogP contribution < -0.4 is 10.5 Å². The Morgan fingerprint density at radius 3 is 2.42 bits per heavy atom. The second-order valence-electron chi connectivity index (χ2n) is 5.87. The van der Waals surface area contributed by atoms with Crippen LogP contribution in [0.15, 0.2) is 11.4 Å². The van der Waals surface area contributed by atoms with Crippen molar-refractivity contribution < 1.29 is 4.55 Å². The van der Waals surface area contributed by atoms with Gasteiger partial charge in [-0.25, -0.2) is 0 Å². The average Bonchev–Trinajstić information content (AvgIpc) is 2.72. The molecule has 1 heterocycles. The number of nitrogen functional groups attached to an aromatic ring is 1. The molecule has 4 nitrogen and oxygen atoms in total. The Bertz CT molecular complexity index is 437. The summed E-state index contributed by atoms with van der Waals surface area (Å²) in [7, 11) is 0. The summed E-state index contributed by atoms with van der Waals surface area (Å²) in [6, 6.07) is 1.92. The largest absolute Gasteiger partial charge is 0.598 e. The standard InChI is InChI=1S/C13H23N3OS2/c1-8(2)11(16-19(17)13(3,4)5)10-6-9(7-18-10)12(14)15/h6-8,11,16H,1-5H3,(H3,14,15)/t11-,19+/m1/s1. The lowest BCUT2D eigenvalue weighted by molar-refractivity contribution is 0.457. The molecule has 6 heteroatoms. The second-order valence-corrected chi connectivity index (χ2v) is 8.81. The highest BCUT2D eigenvalue weighted by Crippen LogP contribution is 2.30. The van der Waals surface area contributed by atoms with Crippen LogP contribution in [-0.2, 0) is 11.4 Å². The molecular weight excluding hydrogens is 278 g/mol. The fourth-order valence-electron chi connectivity index (χ4n) is 1.47. The Balaban J connectivity index is 2.91. The van der Waals surface area contributed by atoms with Crippen LogP contribution in [0.2, 0.25) is 0 Å². The number of nitrogens with one attached hydrogen (secondary N) is 2. The summed E-state index contributed by atoms with van der Waals surface area (Å²) in [5, 5.41) is 9.31. The lowest BCUT2D eigenvalue weighted by atomic mass is 10.0. The van der Waals surface area contributed by atoms with Crippen LogP contribution in [0.25, 0.3) is 0 Å². The Labute approximate surface area is 122 Å². The predicted octanol–water partition coefficient (Wildman–Crippen LogP) is 2.78. The number of rotatable bonds is 5. The fraction of sp³-hybridized carbons (Fsp3) is 0.615. The minimum atomic E-state index is -1.12. The molecular formula is C13H23N3OS2. The lowest BCUT2D eigenvalue weighted by Gasteiger charge is -2.29. The molecule has 0 aliphatic rings. The number of hydrogen-bond donors (Lipinski definition) is 3. The third-order valence-corrected chi connectivity index (χ3v) is 5.29. The monoisotopic (exact) mass is 301 g/mol. The zero-order valence-corrected chi connectivity index (χ0v) is 13.7. The summed E-state index contributed by atoms with van der Waals surface area (Å²) in [6.45, 7) is 10.0. The van der Waals surface area contributed by atoms with Crippen LogP contribution in [0.5, 0.6) is 0 Å². The molecule has 0 unspecified atom stereocenters. The van der Waals surface area contributed by atoms with Gasteiger partial charge in [0.1, 0.15) is 10.6 Å². The highest BCUT2D eigenvalue weighted by Gasteiger charge is 2.31. The van der Waals surface area contributed by atoms with Gasteiger partial charge in [0, 0.05) is 27.2 Å². The summed E-state index contributed by atoms with van der Waals surface area (Å²) in [5.74, 6) is 0.381. The van der Waals surface area contributed by atoms with Crippen LogP contribution in [0.4, 0.5) is 0 Å². The first kappa shape index (κ1) is 16.5. The maximum absolute atomic E-state index is 12.2. The number of thiophene rings is 1. The van der Waals surface area contributed by atoms with Gasteiger partial charge < -0.3 is 10.3 Å². The zero-order chi connectivity index (χ0) is 14.8. The quantitative estimate of drug-likeness (QED) is 0.444. The van der Waals surface area contributed by atoms with Crippen molar-refractivity contribution >= 4 is 28.5 Å². The SMILES string of the molecule is CC(C)[C@@H](N[S@@+]([O-])C(C)(C)C)c1cc(C(=N)N)cs1. The topological polar surface area (TPSA) is 85.0 Å². The van der Waals surface area contributed by atoms with E-state index in [1.54, 1.807) is 11.3 Å². The van der Waals surface area contributed by atoms with E-state index in [1.165, 1.54) is 0 Å². The summed E-state index contributed by atoms with van der Waals surface area (Å²) < 4.78 is 15.1. The van der Waals surface area contributed by atoms with Gasteiger partial charge in [-0.1, -0.05) is 13.8 Å². The van der Waals surface area contributed by atoms with Crippen molar-refractivity contribution in [2.45, 2.75) is 45.4 Å². The summed E-state index contributed by atoms with van der Waals surface area (Å²) in [5.41, 5.74) is 6.21. The molecule has 0 aromatic carbocycles. The van der Waals surface area contributed by atoms with Gasteiger partial charge in [0.2, 0.25) is 0 Å². The van der Waals surface area contributed by atoms with Crippen LogP contribution >= 0.6 is 11.3 Å². The van der Waals surface area contributed by atoms with Gasteiger partial charge in [0.15, 0.2) is 0 Å². The molecule has 0 radical (unpaired) electrons. The molecule has 0 saturated heterocycles. The molecule has 0 amide bonds. The summed E-state index contributed by atoms with van der Waals surface area (Å²) in [4.78, 5) is 1.07. The first-order valence-electron chi connectivity index (χ1n) is 6.23. The molecule has 0 bridgehead atoms. The molecule has 1 rings (SSSR count). The molecule has 19 heavy (non-hydrogen) atoms. The van der Waals surface area contributed by atoms with Gasteiger partial charge in [-0.3, -0.25) is 5.41 Å². The lowest BCUT2D eigenvalue weighted by Crippen LogP contribution is -2.42. The highest BCUT2D eigenvalue weighted by molar-refractivity contribution is 7.90. The van der Waals surface area contributed by atoms with E-state index in [0.29, 0.717) is 5.92 Å². The summed E-state index contributed by atoms with van der Waals surface area (Å²) >= 11 is 0.431. The van der Waals surface area contributed by atoms with Crippen molar-refractivity contribution in [1.82, 2.24) is 4.72 Å². The molecule has 1 aromatic heterocycles. The third kappa shape index (κ3) is 4.49. The molecule has 0 saturated carbocycles. The Hall–Kier alpha value is -0.560. The van der Waals surface area contributed by atoms with Crippen LogP contribution in [0, 0.1) is 11.3 Å². The number of hydrogen-bond acceptors (Lipinski definition) is 4. The van der Waals surface area contributed by atoms with E-state index in [1.807, 2.05) is 32.2 Å². The first-order valence-corrected chi connectivity index (χ1v) is 8.26. The van der Waals surface area contributed by atoms with E-state index in [0.717, 1.165) is 10.4 Å². The fourth-order valence-corrected chi connectivity index (χ4v) is 3.66. The van der Waals surface area contributed by atoms with E-state index in [4.69, 9.17) is 11.1 Å². The first-order chi connectivity index (χ1) is 8.62. The summed E-state index contributed by atoms with van der Waals surface area (Å²) in [6.07, 6.45) is 0. The van der Waals surface area contributed by atoms with Crippen molar-refractivity contribution in [2.24, 2.45) is 11.7 Å². The average molecular weight is 301 g/mol. The molecule has 0 aliphatic heterocycles. The Morgan fingerprint density at radius 1 is 1.47 bits per heavy atom. The van der Waals surface area contributed by atoms with Crippen LogP contribution in [0.1, 0.15) is 51.1 Å². The van der Waals surface area contributed by atoms with Crippen molar-refractivity contribution in [3.63, 3.8) is 0 Å². The number of amidine groups is 1. The highest BCUT2D eigenvalue weighted by atomic mass is 32.2. The van der Waals surface area contributed by atoms with Crippen molar-refractivity contribution in [2.75, 3.05) is 0 Å². The smallest absolute Gasteiger partial charge is 0.136 e. The van der Waals surface area contributed by atoms with Crippen LogP contribution in [-0.4, -0.2) is 15.1 Å². The Kier molecular flexibility index (Phi) is 5.43. The van der Waals surface area contributed by atoms with Crippen molar-refractivity contribution in [3.05, 3.63) is 21.9 Å². The minimum Gasteiger partial charge on any atom is -0.598 e. The molecule has 0 aliphatic carbocycles. The second kappa shape index (κ2) is 6.26. The van der Waals surface area contributed by atoms with E-state index in [9.17, 15) is 4.55 Å². The maximum Gasteiger partial charge on any atom is 0.136 e. The van der Waals surface area contributed by atoms with Crippen molar-refractivity contribution in [1.29, 1.82) is 5.41 Å². The molecule has 108 valence electrons. The minimum absolute atomic E-state index is 0.0122. The molecule has 2 atom stereocenters. The van der Waals surface area contributed by atoms with Crippen LogP contribution in [0.3, 0.4) is 0 Å². The van der Waals surface area contributed by atoms with Gasteiger partial charge in [0.05, 0.1) is 6.04 Å². The van der Waals surface area contributed by atoms with E-state index in [2.05, 4.69) is 18.6 Å². The Morgan fingerprint density at radius 2 is 2.05 bits per heavy atom. The van der Waals surface area contributed by atoms with E-state index >= 15 is 0 Å². The molecule has 0 spiro atoms. The maximum atomic E-state index is 12.2.